The van der Waals surface area contributed by atoms with E-state index in [1.165, 1.54) is 30.6 Å². The zero-order valence-electron chi connectivity index (χ0n) is 12.1. The van der Waals surface area contributed by atoms with Crippen molar-refractivity contribution < 1.29 is 0 Å². The first-order valence-electron chi connectivity index (χ1n) is 7.12. The molecule has 0 unspecified atom stereocenters. The van der Waals surface area contributed by atoms with Crippen LogP contribution in [-0.2, 0) is 6.42 Å². The Bertz CT molecular complexity index is 302. The Morgan fingerprint density at radius 2 is 1.94 bits per heavy atom. The summed E-state index contributed by atoms with van der Waals surface area (Å²) in [6.45, 7) is 6.40. The molecule has 0 atom stereocenters. The SMILES string of the molecule is CCCC(CN)(CCC)N(C)CCc1cccs1. The van der Waals surface area contributed by atoms with Crippen LogP contribution >= 0.6 is 11.3 Å². The molecule has 0 saturated carbocycles. The van der Waals surface area contributed by atoms with E-state index in [4.69, 9.17) is 5.73 Å². The highest BCUT2D eigenvalue weighted by molar-refractivity contribution is 7.09. The van der Waals surface area contributed by atoms with Gasteiger partial charge < -0.3 is 5.73 Å². The van der Waals surface area contributed by atoms with Gasteiger partial charge in [0, 0.05) is 23.5 Å². The number of nitrogens with zero attached hydrogens (tertiary/aromatic N) is 1. The maximum Gasteiger partial charge on any atom is 0.0328 e. The van der Waals surface area contributed by atoms with Crippen molar-refractivity contribution in [2.45, 2.75) is 51.5 Å². The van der Waals surface area contributed by atoms with Crippen LogP contribution in [0.5, 0.6) is 0 Å². The minimum Gasteiger partial charge on any atom is -0.329 e. The fourth-order valence-electron chi connectivity index (χ4n) is 2.77. The normalized spacial score (nSPS) is 12.3. The molecule has 0 radical (unpaired) electrons. The summed E-state index contributed by atoms with van der Waals surface area (Å²) >= 11 is 1.85. The number of thiophene rings is 1. The van der Waals surface area contributed by atoms with E-state index in [-0.39, 0.29) is 5.54 Å². The molecule has 0 fully saturated rings. The molecule has 1 heterocycles. The van der Waals surface area contributed by atoms with Crippen LogP contribution in [0.25, 0.3) is 0 Å². The first-order valence-corrected chi connectivity index (χ1v) is 8.00. The number of likely N-dealkylation sites (N-methyl/N-ethyl adjacent to an activating group) is 1. The monoisotopic (exact) mass is 268 g/mol. The van der Waals surface area contributed by atoms with E-state index in [0.717, 1.165) is 19.5 Å². The van der Waals surface area contributed by atoms with Crippen molar-refractivity contribution in [3.63, 3.8) is 0 Å². The molecule has 2 nitrogen and oxygen atoms in total. The van der Waals surface area contributed by atoms with Gasteiger partial charge in [0.2, 0.25) is 0 Å². The quantitative estimate of drug-likeness (QED) is 0.742. The van der Waals surface area contributed by atoms with Crippen molar-refractivity contribution >= 4 is 11.3 Å². The predicted molar refractivity (Wildman–Crippen MR) is 82.3 cm³/mol. The Labute approximate surface area is 116 Å². The van der Waals surface area contributed by atoms with Crippen LogP contribution in [0, 0.1) is 0 Å². The van der Waals surface area contributed by atoms with Crippen LogP contribution in [0.4, 0.5) is 0 Å². The Morgan fingerprint density at radius 1 is 1.28 bits per heavy atom. The lowest BCUT2D eigenvalue weighted by molar-refractivity contribution is 0.104. The van der Waals surface area contributed by atoms with Gasteiger partial charge in [-0.05, 0) is 37.8 Å². The minimum absolute atomic E-state index is 0.209. The van der Waals surface area contributed by atoms with Gasteiger partial charge in [0.25, 0.3) is 0 Å². The van der Waals surface area contributed by atoms with Crippen LogP contribution in [0.3, 0.4) is 0 Å². The van der Waals surface area contributed by atoms with Crippen LogP contribution in [-0.4, -0.2) is 30.6 Å². The molecule has 0 bridgehead atoms. The van der Waals surface area contributed by atoms with E-state index in [1.54, 1.807) is 0 Å². The highest BCUT2D eigenvalue weighted by Crippen LogP contribution is 2.25. The van der Waals surface area contributed by atoms with E-state index in [2.05, 4.69) is 43.3 Å². The smallest absolute Gasteiger partial charge is 0.0328 e. The molecule has 1 aromatic rings. The largest absolute Gasteiger partial charge is 0.329 e. The molecule has 0 saturated heterocycles. The third kappa shape index (κ3) is 4.08. The number of nitrogens with two attached hydrogens (primary N) is 1. The van der Waals surface area contributed by atoms with Gasteiger partial charge in [-0.15, -0.1) is 11.3 Å². The lowest BCUT2D eigenvalue weighted by atomic mass is 9.87. The molecule has 0 aliphatic rings. The van der Waals surface area contributed by atoms with E-state index in [1.807, 2.05) is 11.3 Å². The minimum atomic E-state index is 0.209. The number of rotatable bonds is 9. The van der Waals surface area contributed by atoms with E-state index >= 15 is 0 Å². The second kappa shape index (κ2) is 7.93. The van der Waals surface area contributed by atoms with Gasteiger partial charge in [0.15, 0.2) is 0 Å². The van der Waals surface area contributed by atoms with E-state index in [0.29, 0.717) is 0 Å². The highest BCUT2D eigenvalue weighted by atomic mass is 32.1. The van der Waals surface area contributed by atoms with Gasteiger partial charge in [-0.3, -0.25) is 4.90 Å². The maximum atomic E-state index is 6.09. The van der Waals surface area contributed by atoms with Crippen molar-refractivity contribution in [1.29, 1.82) is 0 Å². The Morgan fingerprint density at radius 3 is 2.39 bits per heavy atom. The summed E-state index contributed by atoms with van der Waals surface area (Å²) in [5, 5.41) is 2.16. The summed E-state index contributed by atoms with van der Waals surface area (Å²) in [4.78, 5) is 3.97. The summed E-state index contributed by atoms with van der Waals surface area (Å²) in [5.41, 5.74) is 6.30. The van der Waals surface area contributed by atoms with Gasteiger partial charge >= 0.3 is 0 Å². The van der Waals surface area contributed by atoms with Crippen LogP contribution in [0.15, 0.2) is 17.5 Å². The summed E-state index contributed by atoms with van der Waals surface area (Å²) < 4.78 is 0. The lowest BCUT2D eigenvalue weighted by Gasteiger charge is -2.41. The average molecular weight is 268 g/mol. The maximum absolute atomic E-state index is 6.09. The lowest BCUT2D eigenvalue weighted by Crippen LogP contribution is -2.52. The van der Waals surface area contributed by atoms with Crippen molar-refractivity contribution in [2.75, 3.05) is 20.1 Å². The Hall–Kier alpha value is -0.380. The van der Waals surface area contributed by atoms with Crippen molar-refractivity contribution in [1.82, 2.24) is 4.90 Å². The molecule has 2 N–H and O–H groups in total. The average Bonchev–Trinajstić information content (AvgIpc) is 2.88. The van der Waals surface area contributed by atoms with Crippen LogP contribution in [0.2, 0.25) is 0 Å². The molecule has 0 spiro atoms. The van der Waals surface area contributed by atoms with Gasteiger partial charge in [-0.2, -0.15) is 0 Å². The second-order valence-electron chi connectivity index (χ2n) is 5.18. The van der Waals surface area contributed by atoms with E-state index < -0.39 is 0 Å². The summed E-state index contributed by atoms with van der Waals surface area (Å²) in [5.74, 6) is 0. The first kappa shape index (κ1) is 15.7. The third-order valence-corrected chi connectivity index (χ3v) is 4.83. The Kier molecular flexibility index (Phi) is 6.90. The topological polar surface area (TPSA) is 29.3 Å². The molecule has 18 heavy (non-hydrogen) atoms. The standard InChI is InChI=1S/C15H28N2S/c1-4-9-15(13-16,10-5-2)17(3)11-8-14-7-6-12-18-14/h6-7,12H,4-5,8-11,13,16H2,1-3H3. The predicted octanol–water partition coefficient (Wildman–Crippen LogP) is 3.52. The van der Waals surface area contributed by atoms with Gasteiger partial charge in [-0.1, -0.05) is 32.8 Å². The first-order chi connectivity index (χ1) is 8.68. The molecule has 104 valence electrons. The molecule has 1 aromatic heterocycles. The van der Waals surface area contributed by atoms with Gasteiger partial charge in [-0.25, -0.2) is 0 Å². The molecule has 1 rings (SSSR count). The zero-order valence-corrected chi connectivity index (χ0v) is 12.9. The fourth-order valence-corrected chi connectivity index (χ4v) is 3.47. The van der Waals surface area contributed by atoms with E-state index in [9.17, 15) is 0 Å². The van der Waals surface area contributed by atoms with Gasteiger partial charge in [0.1, 0.15) is 0 Å². The van der Waals surface area contributed by atoms with Crippen LogP contribution in [0.1, 0.15) is 44.4 Å². The molecule has 0 aliphatic heterocycles. The van der Waals surface area contributed by atoms with Crippen molar-refractivity contribution in [3.8, 4) is 0 Å². The summed E-state index contributed by atoms with van der Waals surface area (Å²) in [6.07, 6.45) is 5.97. The molecule has 3 heteroatoms. The molecule has 0 aromatic carbocycles. The van der Waals surface area contributed by atoms with Crippen molar-refractivity contribution in [3.05, 3.63) is 22.4 Å². The third-order valence-electron chi connectivity index (χ3n) is 3.89. The van der Waals surface area contributed by atoms with Gasteiger partial charge in [0.05, 0.1) is 0 Å². The Balaban J connectivity index is 2.59. The number of hydrogen-bond acceptors (Lipinski definition) is 3. The highest BCUT2D eigenvalue weighted by Gasteiger charge is 2.30. The fraction of sp³-hybridized carbons (Fsp3) is 0.733. The zero-order chi connectivity index (χ0) is 13.4. The molecule has 0 aliphatic carbocycles. The summed E-state index contributed by atoms with van der Waals surface area (Å²) in [6, 6.07) is 4.36. The number of hydrogen-bond donors (Lipinski definition) is 1. The van der Waals surface area contributed by atoms with Crippen molar-refractivity contribution in [2.24, 2.45) is 5.73 Å². The second-order valence-corrected chi connectivity index (χ2v) is 6.21. The van der Waals surface area contributed by atoms with Crippen LogP contribution < -0.4 is 5.73 Å². The molecule has 0 amide bonds. The molecular formula is C15H28N2S. The molecular weight excluding hydrogens is 240 g/mol. The summed E-state index contributed by atoms with van der Waals surface area (Å²) in [7, 11) is 2.24.